The number of rotatable bonds is 8. The molecule has 3 heteroatoms. The van der Waals surface area contributed by atoms with E-state index in [4.69, 9.17) is 9.84 Å². The number of carboxylic acids is 1. The molecule has 0 bridgehead atoms. The number of carboxylic acid groups (broad SMARTS) is 1. The number of ether oxygens (including phenoxy) is 1. The van der Waals surface area contributed by atoms with Crippen molar-refractivity contribution >= 4 is 5.97 Å². The number of hydrogen-bond donors (Lipinski definition) is 1. The second-order valence-corrected chi connectivity index (χ2v) is 4.01. The van der Waals surface area contributed by atoms with Gasteiger partial charge in [-0.15, -0.1) is 13.2 Å². The maximum atomic E-state index is 11.1. The third kappa shape index (κ3) is 3.85. The zero-order chi connectivity index (χ0) is 14.3. The molecule has 0 fully saturated rings. The van der Waals surface area contributed by atoms with E-state index in [0.29, 0.717) is 25.2 Å². The largest absolute Gasteiger partial charge is 0.489 e. The van der Waals surface area contributed by atoms with Crippen molar-refractivity contribution < 1.29 is 14.6 Å². The van der Waals surface area contributed by atoms with Gasteiger partial charge in [0, 0.05) is 0 Å². The quantitative estimate of drug-likeness (QED) is 0.727. The fourth-order valence-corrected chi connectivity index (χ4v) is 1.82. The average Bonchev–Trinajstić information content (AvgIpc) is 2.38. The second-order valence-electron chi connectivity index (χ2n) is 4.01. The molecule has 0 aliphatic heterocycles. The van der Waals surface area contributed by atoms with Gasteiger partial charge >= 0.3 is 5.97 Å². The van der Waals surface area contributed by atoms with E-state index in [-0.39, 0.29) is 5.56 Å². The molecule has 3 nitrogen and oxygen atoms in total. The summed E-state index contributed by atoms with van der Waals surface area (Å²) in [6.07, 6.45) is 6.20. The molecule has 0 spiro atoms. The maximum absolute atomic E-state index is 11.1. The van der Waals surface area contributed by atoms with E-state index in [1.54, 1.807) is 30.4 Å². The first kappa shape index (κ1) is 14.8. The molecular formula is C16H18O3. The Labute approximate surface area is 113 Å². The average molecular weight is 258 g/mol. The lowest BCUT2D eigenvalue weighted by atomic mass is 9.99. The minimum atomic E-state index is -0.953. The Morgan fingerprint density at radius 1 is 1.11 bits per heavy atom. The van der Waals surface area contributed by atoms with Gasteiger partial charge in [0.2, 0.25) is 0 Å². The smallest absolute Gasteiger partial charge is 0.335 e. The van der Waals surface area contributed by atoms with Gasteiger partial charge in [-0.25, -0.2) is 4.79 Å². The van der Waals surface area contributed by atoms with Gasteiger partial charge in [-0.1, -0.05) is 24.8 Å². The van der Waals surface area contributed by atoms with Crippen LogP contribution in [0.2, 0.25) is 0 Å². The molecule has 0 aliphatic rings. The zero-order valence-electron chi connectivity index (χ0n) is 10.9. The summed E-state index contributed by atoms with van der Waals surface area (Å²) in [6.45, 7) is 11.4. The van der Waals surface area contributed by atoms with E-state index in [2.05, 4.69) is 19.7 Å². The predicted octanol–water partition coefficient (Wildman–Crippen LogP) is 3.41. The van der Waals surface area contributed by atoms with E-state index in [0.717, 1.165) is 11.1 Å². The summed E-state index contributed by atoms with van der Waals surface area (Å²) in [5, 5.41) is 9.13. The third-order valence-electron chi connectivity index (χ3n) is 2.56. The van der Waals surface area contributed by atoms with Crippen LogP contribution in [0.5, 0.6) is 5.75 Å². The SMILES string of the molecule is C=CCOc1c(CC=C)cc(C(=O)O)cc1CC=C. The van der Waals surface area contributed by atoms with E-state index in [9.17, 15) is 4.79 Å². The molecule has 1 aromatic carbocycles. The fourth-order valence-electron chi connectivity index (χ4n) is 1.82. The normalized spacial score (nSPS) is 9.68. The number of carbonyl (C=O) groups is 1. The molecule has 19 heavy (non-hydrogen) atoms. The molecular weight excluding hydrogens is 240 g/mol. The summed E-state index contributed by atoms with van der Waals surface area (Å²) in [6, 6.07) is 3.24. The minimum Gasteiger partial charge on any atom is -0.489 e. The zero-order valence-corrected chi connectivity index (χ0v) is 10.9. The van der Waals surface area contributed by atoms with Crippen LogP contribution >= 0.6 is 0 Å². The minimum absolute atomic E-state index is 0.250. The Bertz CT molecular complexity index is 470. The summed E-state index contributed by atoms with van der Waals surface area (Å²) in [5.74, 6) is -0.254. The molecule has 1 aromatic rings. The van der Waals surface area contributed by atoms with Crippen molar-refractivity contribution in [2.45, 2.75) is 12.8 Å². The number of hydrogen-bond acceptors (Lipinski definition) is 2. The van der Waals surface area contributed by atoms with Crippen molar-refractivity contribution in [3.63, 3.8) is 0 Å². The molecule has 0 aliphatic carbocycles. The van der Waals surface area contributed by atoms with Crippen LogP contribution in [-0.4, -0.2) is 17.7 Å². The summed E-state index contributed by atoms with van der Waals surface area (Å²) < 4.78 is 5.65. The molecule has 0 unspecified atom stereocenters. The lowest BCUT2D eigenvalue weighted by molar-refractivity contribution is 0.0696. The van der Waals surface area contributed by atoms with Gasteiger partial charge in [-0.05, 0) is 36.1 Å². The fraction of sp³-hybridized carbons (Fsp3) is 0.188. The van der Waals surface area contributed by atoms with Crippen molar-refractivity contribution in [3.8, 4) is 5.75 Å². The molecule has 1 rings (SSSR count). The Morgan fingerprint density at radius 3 is 2.00 bits per heavy atom. The number of allylic oxidation sites excluding steroid dienone is 2. The maximum Gasteiger partial charge on any atom is 0.335 e. The van der Waals surface area contributed by atoms with Gasteiger partial charge in [0.25, 0.3) is 0 Å². The van der Waals surface area contributed by atoms with Crippen LogP contribution in [0.1, 0.15) is 21.5 Å². The standard InChI is InChI=1S/C16H18O3/c1-4-7-12-10-14(16(17)18)11-13(8-5-2)15(12)19-9-6-3/h4-6,10-11H,1-3,7-9H2,(H,17,18). The van der Waals surface area contributed by atoms with E-state index in [1.807, 2.05) is 0 Å². The topological polar surface area (TPSA) is 46.5 Å². The van der Waals surface area contributed by atoms with Crippen LogP contribution < -0.4 is 4.74 Å². The van der Waals surface area contributed by atoms with Crippen molar-refractivity contribution in [2.75, 3.05) is 6.61 Å². The first-order chi connectivity index (χ1) is 9.13. The van der Waals surface area contributed by atoms with E-state index < -0.39 is 5.97 Å². The summed E-state index contributed by atoms with van der Waals surface area (Å²) in [5.41, 5.74) is 1.88. The number of aromatic carboxylic acids is 1. The van der Waals surface area contributed by atoms with E-state index in [1.165, 1.54) is 0 Å². The van der Waals surface area contributed by atoms with Crippen LogP contribution in [-0.2, 0) is 12.8 Å². The highest BCUT2D eigenvalue weighted by Gasteiger charge is 2.14. The Balaban J connectivity index is 3.34. The van der Waals surface area contributed by atoms with Crippen LogP contribution in [0.4, 0.5) is 0 Å². The van der Waals surface area contributed by atoms with Crippen LogP contribution in [0.15, 0.2) is 50.1 Å². The van der Waals surface area contributed by atoms with Gasteiger partial charge in [0.15, 0.2) is 0 Å². The van der Waals surface area contributed by atoms with Crippen LogP contribution in [0, 0.1) is 0 Å². The van der Waals surface area contributed by atoms with Crippen LogP contribution in [0.3, 0.4) is 0 Å². The lowest BCUT2D eigenvalue weighted by Gasteiger charge is -2.15. The summed E-state index contributed by atoms with van der Waals surface area (Å²) >= 11 is 0. The Hall–Kier alpha value is -2.29. The summed E-state index contributed by atoms with van der Waals surface area (Å²) in [7, 11) is 0. The van der Waals surface area contributed by atoms with Crippen molar-refractivity contribution in [2.24, 2.45) is 0 Å². The molecule has 0 aromatic heterocycles. The molecule has 0 saturated heterocycles. The van der Waals surface area contributed by atoms with Gasteiger partial charge in [-0.2, -0.15) is 0 Å². The van der Waals surface area contributed by atoms with Gasteiger partial charge in [-0.3, -0.25) is 0 Å². The molecule has 0 saturated carbocycles. The molecule has 0 radical (unpaired) electrons. The first-order valence-electron chi connectivity index (χ1n) is 5.98. The molecule has 0 atom stereocenters. The molecule has 0 amide bonds. The van der Waals surface area contributed by atoms with E-state index >= 15 is 0 Å². The first-order valence-corrected chi connectivity index (χ1v) is 5.98. The predicted molar refractivity (Wildman–Crippen MR) is 76.9 cm³/mol. The van der Waals surface area contributed by atoms with Gasteiger partial charge in [0.05, 0.1) is 5.56 Å². The summed E-state index contributed by atoms with van der Waals surface area (Å²) in [4.78, 5) is 11.1. The van der Waals surface area contributed by atoms with Crippen molar-refractivity contribution in [1.29, 1.82) is 0 Å². The van der Waals surface area contributed by atoms with Gasteiger partial charge in [0.1, 0.15) is 12.4 Å². The van der Waals surface area contributed by atoms with Gasteiger partial charge < -0.3 is 9.84 Å². The van der Waals surface area contributed by atoms with Crippen molar-refractivity contribution in [3.05, 3.63) is 66.8 Å². The van der Waals surface area contributed by atoms with Crippen molar-refractivity contribution in [1.82, 2.24) is 0 Å². The molecule has 1 N–H and O–H groups in total. The lowest BCUT2D eigenvalue weighted by Crippen LogP contribution is -2.05. The third-order valence-corrected chi connectivity index (χ3v) is 2.56. The number of benzene rings is 1. The van der Waals surface area contributed by atoms with Crippen LogP contribution in [0.25, 0.3) is 0 Å². The highest BCUT2D eigenvalue weighted by molar-refractivity contribution is 5.88. The Kier molecular flexibility index (Phi) is 5.61. The molecule has 0 heterocycles. The Morgan fingerprint density at radius 2 is 1.63 bits per heavy atom. The highest BCUT2D eigenvalue weighted by atomic mass is 16.5. The molecule has 100 valence electrons. The highest BCUT2D eigenvalue weighted by Crippen LogP contribution is 2.28. The monoisotopic (exact) mass is 258 g/mol. The second kappa shape index (κ2) is 7.21.